The number of carbonyl (C=O) groups excluding carboxylic acids is 1. The number of hydrogen-bond acceptors (Lipinski definition) is 6. The minimum atomic E-state index is -0.755. The molecule has 2 aliphatic rings. The lowest BCUT2D eigenvalue weighted by Gasteiger charge is -2.32. The van der Waals surface area contributed by atoms with Crippen LogP contribution in [0.4, 0.5) is 15.0 Å². The van der Waals surface area contributed by atoms with Crippen LogP contribution in [0.15, 0.2) is 66.3 Å². The summed E-state index contributed by atoms with van der Waals surface area (Å²) >= 11 is 0. The van der Waals surface area contributed by atoms with Crippen LogP contribution < -0.4 is 11.1 Å². The average molecular weight is 515 g/mol. The number of benzene rings is 2. The van der Waals surface area contributed by atoms with Crippen LogP contribution in [0, 0.1) is 5.82 Å². The highest BCUT2D eigenvalue weighted by Gasteiger charge is 2.52. The number of nitrogen functional groups attached to an aromatic ring is 1. The lowest BCUT2D eigenvalue weighted by molar-refractivity contribution is 0.00578. The van der Waals surface area contributed by atoms with Gasteiger partial charge in [0.25, 0.3) is 0 Å². The van der Waals surface area contributed by atoms with Gasteiger partial charge in [0, 0.05) is 18.7 Å². The van der Waals surface area contributed by atoms with Crippen molar-refractivity contribution in [1.29, 1.82) is 0 Å². The number of hydrogen-bond donors (Lipinski definition) is 2. The van der Waals surface area contributed by atoms with E-state index in [4.69, 9.17) is 19.8 Å². The van der Waals surface area contributed by atoms with E-state index in [9.17, 15) is 9.18 Å². The fourth-order valence-corrected chi connectivity index (χ4v) is 4.78. The van der Waals surface area contributed by atoms with Gasteiger partial charge in [-0.05, 0) is 67.1 Å². The Labute approximate surface area is 222 Å². The summed E-state index contributed by atoms with van der Waals surface area (Å²) in [5.41, 5.74) is 9.99. The molecule has 3 N–H and O–H groups in total. The van der Waals surface area contributed by atoms with Gasteiger partial charge in [-0.1, -0.05) is 54.6 Å². The quantitative estimate of drug-likeness (QED) is 0.430. The first-order chi connectivity index (χ1) is 18.1. The topological polar surface area (TPSA) is 95.7 Å². The van der Waals surface area contributed by atoms with Gasteiger partial charge in [0.05, 0.1) is 11.2 Å². The van der Waals surface area contributed by atoms with Gasteiger partial charge in [-0.2, -0.15) is 0 Å². The summed E-state index contributed by atoms with van der Waals surface area (Å²) in [5.74, 6) is -0.859. The maximum absolute atomic E-state index is 14.1. The Kier molecular flexibility index (Phi) is 6.75. The van der Waals surface area contributed by atoms with Crippen molar-refractivity contribution in [2.75, 3.05) is 18.9 Å². The predicted octanol–water partition coefficient (Wildman–Crippen LogP) is 5.36. The number of amides is 1. The number of fused-ring (bicyclic) bond motifs is 3. The van der Waals surface area contributed by atoms with E-state index in [1.807, 2.05) is 52.0 Å². The molecule has 0 saturated carbocycles. The molecule has 2 heterocycles. The number of pyridine rings is 1. The predicted molar refractivity (Wildman–Crippen MR) is 146 cm³/mol. The molecule has 5 rings (SSSR count). The monoisotopic (exact) mass is 515 g/mol. The third-order valence-electron chi connectivity index (χ3n) is 7.58. The minimum absolute atomic E-state index is 0.0462. The van der Waals surface area contributed by atoms with Crippen molar-refractivity contribution in [3.8, 4) is 11.1 Å². The van der Waals surface area contributed by atoms with Crippen molar-refractivity contribution in [1.82, 2.24) is 10.3 Å². The zero-order valence-electron chi connectivity index (χ0n) is 22.0. The second kappa shape index (κ2) is 9.89. The number of nitrogens with two attached hydrogens (primary N) is 1. The van der Waals surface area contributed by atoms with E-state index < -0.39 is 30.2 Å². The van der Waals surface area contributed by atoms with E-state index in [0.717, 1.165) is 22.3 Å². The van der Waals surface area contributed by atoms with Crippen LogP contribution in [0.5, 0.6) is 0 Å². The summed E-state index contributed by atoms with van der Waals surface area (Å²) in [6, 6.07) is 17.6. The number of aromatic nitrogens is 1. The lowest BCUT2D eigenvalue weighted by Crippen LogP contribution is -2.41. The number of ether oxygens (including phenoxy) is 1. The first-order valence-electron chi connectivity index (χ1n) is 12.6. The molecule has 1 saturated heterocycles. The summed E-state index contributed by atoms with van der Waals surface area (Å²) in [5, 5.41) is 2.80. The SMILES string of the molecule is CC1(C)OB(C(=Cc2cnc(N)c(F)c2)CNC(=O)OCC2c3ccccc3-c3ccccc32)OC1(C)C. The molecule has 1 aromatic heterocycles. The molecule has 196 valence electrons. The van der Waals surface area contributed by atoms with Crippen LogP contribution in [0.2, 0.25) is 0 Å². The molecular weight excluding hydrogens is 484 g/mol. The molecule has 9 heteroatoms. The molecule has 0 spiro atoms. The van der Waals surface area contributed by atoms with Crippen LogP contribution in [0.25, 0.3) is 17.2 Å². The molecule has 0 radical (unpaired) electrons. The molecule has 1 amide bonds. The number of alkyl carbamates (subject to hydrolysis) is 1. The average Bonchev–Trinajstić information content (AvgIpc) is 3.31. The van der Waals surface area contributed by atoms with Crippen molar-refractivity contribution < 1.29 is 23.2 Å². The standard InChI is InChI=1S/C29H31BFN3O4/c1-28(2)29(3,4)38-30(37-28)19(13-18-14-25(31)26(32)33-15-18)16-34-27(35)36-17-24-22-11-7-5-9-20(22)21-10-6-8-12-23(21)24/h5-15,24H,16-17H2,1-4H3,(H2,32,33)(H,34,35). The van der Waals surface area contributed by atoms with Crippen LogP contribution in [0.1, 0.15) is 50.3 Å². The Hall–Kier alpha value is -3.69. The third-order valence-corrected chi connectivity index (χ3v) is 7.58. The maximum Gasteiger partial charge on any atom is 0.492 e. The Morgan fingerprint density at radius 1 is 1.08 bits per heavy atom. The fourth-order valence-electron chi connectivity index (χ4n) is 4.78. The van der Waals surface area contributed by atoms with Crippen molar-refractivity contribution in [2.45, 2.75) is 44.8 Å². The van der Waals surface area contributed by atoms with E-state index in [1.54, 1.807) is 6.08 Å². The Balaban J connectivity index is 1.30. The zero-order valence-corrected chi connectivity index (χ0v) is 22.0. The molecule has 2 aromatic carbocycles. The summed E-state index contributed by atoms with van der Waals surface area (Å²) in [6.07, 6.45) is 2.56. The minimum Gasteiger partial charge on any atom is -0.449 e. The van der Waals surface area contributed by atoms with E-state index in [0.29, 0.717) is 11.0 Å². The smallest absolute Gasteiger partial charge is 0.449 e. The summed E-state index contributed by atoms with van der Waals surface area (Å²) in [4.78, 5) is 16.7. The van der Waals surface area contributed by atoms with Gasteiger partial charge in [-0.25, -0.2) is 14.2 Å². The van der Waals surface area contributed by atoms with E-state index in [-0.39, 0.29) is 24.9 Å². The molecule has 1 aliphatic carbocycles. The number of anilines is 1. The van der Waals surface area contributed by atoms with Gasteiger partial charge in [0.1, 0.15) is 6.61 Å². The molecule has 7 nitrogen and oxygen atoms in total. The molecule has 0 unspecified atom stereocenters. The van der Waals surface area contributed by atoms with E-state index in [1.165, 1.54) is 12.3 Å². The van der Waals surface area contributed by atoms with Gasteiger partial charge < -0.3 is 25.1 Å². The number of rotatable bonds is 6. The molecule has 1 aliphatic heterocycles. The first-order valence-corrected chi connectivity index (χ1v) is 12.6. The molecule has 1 fully saturated rings. The van der Waals surface area contributed by atoms with Crippen LogP contribution >= 0.6 is 0 Å². The normalized spacial score (nSPS) is 17.7. The fraction of sp³-hybridized carbons (Fsp3) is 0.310. The highest BCUT2D eigenvalue weighted by atomic mass is 19.1. The van der Waals surface area contributed by atoms with Gasteiger partial charge in [-0.3, -0.25) is 0 Å². The van der Waals surface area contributed by atoms with E-state index >= 15 is 0 Å². The Bertz CT molecular complexity index is 1350. The van der Waals surface area contributed by atoms with Gasteiger partial charge in [-0.15, -0.1) is 0 Å². The third kappa shape index (κ3) is 4.91. The number of nitrogens with one attached hydrogen (secondary N) is 1. The number of nitrogens with zero attached hydrogens (tertiary/aromatic N) is 1. The largest absolute Gasteiger partial charge is 0.492 e. The van der Waals surface area contributed by atoms with Gasteiger partial charge in [0.2, 0.25) is 0 Å². The van der Waals surface area contributed by atoms with Crippen molar-refractivity contribution in [3.05, 3.63) is 88.8 Å². The first kappa shape index (κ1) is 25.9. The highest BCUT2D eigenvalue weighted by Crippen LogP contribution is 2.44. The van der Waals surface area contributed by atoms with Gasteiger partial charge >= 0.3 is 13.2 Å². The van der Waals surface area contributed by atoms with Crippen molar-refractivity contribution in [2.24, 2.45) is 0 Å². The van der Waals surface area contributed by atoms with Crippen molar-refractivity contribution >= 4 is 25.1 Å². The molecule has 0 atom stereocenters. The second-order valence-electron chi connectivity index (χ2n) is 10.6. The summed E-state index contributed by atoms with van der Waals surface area (Å²) in [6.45, 7) is 8.02. The number of halogens is 1. The second-order valence-corrected chi connectivity index (χ2v) is 10.6. The molecule has 0 bridgehead atoms. The Morgan fingerprint density at radius 2 is 1.66 bits per heavy atom. The molecular formula is C29H31BFN3O4. The van der Waals surface area contributed by atoms with Crippen LogP contribution in [-0.4, -0.2) is 42.5 Å². The Morgan fingerprint density at radius 3 is 2.24 bits per heavy atom. The van der Waals surface area contributed by atoms with E-state index in [2.05, 4.69) is 34.6 Å². The summed E-state index contributed by atoms with van der Waals surface area (Å²) in [7, 11) is -0.755. The van der Waals surface area contributed by atoms with Gasteiger partial charge in [0.15, 0.2) is 11.6 Å². The van der Waals surface area contributed by atoms with Crippen LogP contribution in [0.3, 0.4) is 0 Å². The summed E-state index contributed by atoms with van der Waals surface area (Å²) < 4.78 is 32.1. The zero-order chi connectivity index (χ0) is 27.1. The van der Waals surface area contributed by atoms with Crippen molar-refractivity contribution in [3.63, 3.8) is 0 Å². The number of carbonyl (C=O) groups is 1. The highest BCUT2D eigenvalue weighted by molar-refractivity contribution is 6.56. The van der Waals surface area contributed by atoms with Crippen LogP contribution in [-0.2, 0) is 14.0 Å². The molecule has 38 heavy (non-hydrogen) atoms. The lowest BCUT2D eigenvalue weighted by atomic mass is 9.77. The maximum atomic E-state index is 14.1. The molecule has 3 aromatic rings.